The average Bonchev–Trinajstić information content (AvgIpc) is 2.67. The first-order valence-electron chi connectivity index (χ1n) is 11.4. The van der Waals surface area contributed by atoms with E-state index in [2.05, 4.69) is 78.0 Å². The lowest BCUT2D eigenvalue weighted by molar-refractivity contribution is 0.118. The van der Waals surface area contributed by atoms with Crippen LogP contribution in [0.25, 0.3) is 5.57 Å². The van der Waals surface area contributed by atoms with Crippen molar-refractivity contribution >= 4 is 5.57 Å². The molecule has 1 aromatic rings. The lowest BCUT2D eigenvalue weighted by Gasteiger charge is -2.52. The molecule has 0 spiro atoms. The summed E-state index contributed by atoms with van der Waals surface area (Å²) in [5, 5.41) is 0. The van der Waals surface area contributed by atoms with Gasteiger partial charge in [-0.25, -0.2) is 0 Å². The van der Waals surface area contributed by atoms with Crippen LogP contribution in [0.4, 0.5) is 0 Å². The molecule has 0 aromatic heterocycles. The van der Waals surface area contributed by atoms with E-state index in [9.17, 15) is 0 Å². The van der Waals surface area contributed by atoms with Gasteiger partial charge in [0.1, 0.15) is 0 Å². The van der Waals surface area contributed by atoms with E-state index in [-0.39, 0.29) is 5.41 Å². The molecule has 27 heavy (non-hydrogen) atoms. The van der Waals surface area contributed by atoms with Crippen molar-refractivity contribution in [1.82, 2.24) is 0 Å². The molecule has 0 nitrogen and oxygen atoms in total. The van der Waals surface area contributed by atoms with Crippen LogP contribution < -0.4 is 0 Å². The summed E-state index contributed by atoms with van der Waals surface area (Å²) in [6, 6.07) is 11.4. The molecule has 0 bridgehead atoms. The molecule has 0 heterocycles. The van der Waals surface area contributed by atoms with Gasteiger partial charge in [0, 0.05) is 5.41 Å². The van der Waals surface area contributed by atoms with Crippen LogP contribution in [0.3, 0.4) is 0 Å². The smallest absolute Gasteiger partial charge is 0.00502 e. The zero-order valence-electron chi connectivity index (χ0n) is 18.5. The summed E-state index contributed by atoms with van der Waals surface area (Å²) in [4.78, 5) is 0. The predicted molar refractivity (Wildman–Crippen MR) is 120 cm³/mol. The minimum Gasteiger partial charge on any atom is -0.0665 e. The van der Waals surface area contributed by atoms with Crippen LogP contribution in [0, 0.1) is 29.1 Å². The molecule has 2 aliphatic carbocycles. The van der Waals surface area contributed by atoms with Crippen molar-refractivity contribution < 1.29 is 0 Å². The summed E-state index contributed by atoms with van der Waals surface area (Å²) in [6.45, 7) is 14.6. The normalized spacial score (nSPS) is 24.9. The van der Waals surface area contributed by atoms with Crippen LogP contribution in [0.15, 0.2) is 47.6 Å². The highest BCUT2D eigenvalue weighted by molar-refractivity contribution is 5.78. The molecule has 1 aromatic carbocycles. The van der Waals surface area contributed by atoms with Crippen LogP contribution >= 0.6 is 0 Å². The van der Waals surface area contributed by atoms with Gasteiger partial charge in [-0.2, -0.15) is 0 Å². The first-order valence-corrected chi connectivity index (χ1v) is 11.4. The lowest BCUT2D eigenvalue weighted by atomic mass is 9.52. The number of allylic oxidation sites excluding steroid dienone is 4. The van der Waals surface area contributed by atoms with Crippen molar-refractivity contribution in [2.75, 3.05) is 0 Å². The SMILES string of the molecule is CC(C)C1=CC(C(C)C)=C(c2ccccc2)C(C(C)C)(C2CCCCC2)C1. The first-order chi connectivity index (χ1) is 12.9. The van der Waals surface area contributed by atoms with Crippen molar-refractivity contribution in [3.05, 3.63) is 53.1 Å². The van der Waals surface area contributed by atoms with E-state index in [4.69, 9.17) is 0 Å². The van der Waals surface area contributed by atoms with Crippen LogP contribution in [-0.2, 0) is 0 Å². The third-order valence-electron chi connectivity index (χ3n) is 7.38. The number of hydrogen-bond acceptors (Lipinski definition) is 0. The van der Waals surface area contributed by atoms with E-state index in [0.29, 0.717) is 17.8 Å². The second kappa shape index (κ2) is 8.38. The molecule has 0 radical (unpaired) electrons. The summed E-state index contributed by atoms with van der Waals surface area (Å²) < 4.78 is 0. The fourth-order valence-corrected chi connectivity index (χ4v) is 5.81. The number of hydrogen-bond donors (Lipinski definition) is 0. The van der Waals surface area contributed by atoms with E-state index in [1.54, 1.807) is 16.7 Å². The van der Waals surface area contributed by atoms with E-state index in [1.807, 2.05) is 0 Å². The highest BCUT2D eigenvalue weighted by Crippen LogP contribution is 2.60. The van der Waals surface area contributed by atoms with Crippen molar-refractivity contribution in [3.63, 3.8) is 0 Å². The largest absolute Gasteiger partial charge is 0.0665 e. The zero-order chi connectivity index (χ0) is 19.6. The molecule has 2 aliphatic rings. The Morgan fingerprint density at radius 2 is 1.44 bits per heavy atom. The third kappa shape index (κ3) is 3.82. The highest BCUT2D eigenvalue weighted by atomic mass is 14.5. The summed E-state index contributed by atoms with van der Waals surface area (Å²) in [7, 11) is 0. The highest BCUT2D eigenvalue weighted by Gasteiger charge is 2.48. The van der Waals surface area contributed by atoms with E-state index in [1.165, 1.54) is 44.1 Å². The lowest BCUT2D eigenvalue weighted by Crippen LogP contribution is -2.41. The molecular formula is C27H40. The minimum absolute atomic E-state index is 0.287. The third-order valence-corrected chi connectivity index (χ3v) is 7.38. The molecule has 0 saturated heterocycles. The van der Waals surface area contributed by atoms with Gasteiger partial charge in [-0.15, -0.1) is 0 Å². The van der Waals surface area contributed by atoms with E-state index >= 15 is 0 Å². The van der Waals surface area contributed by atoms with E-state index < -0.39 is 0 Å². The van der Waals surface area contributed by atoms with Crippen molar-refractivity contribution in [1.29, 1.82) is 0 Å². The van der Waals surface area contributed by atoms with E-state index in [0.717, 1.165) is 5.92 Å². The van der Waals surface area contributed by atoms with Crippen LogP contribution in [0.2, 0.25) is 0 Å². The Labute approximate surface area is 168 Å². The minimum atomic E-state index is 0.287. The van der Waals surface area contributed by atoms with Gasteiger partial charge in [-0.3, -0.25) is 0 Å². The number of rotatable bonds is 5. The predicted octanol–water partition coefficient (Wildman–Crippen LogP) is 8.31. The standard InChI is InChI=1S/C27H40/c1-19(2)23-17-25(20(3)4)26(22-13-9-7-10-14-22)27(18-23,21(5)6)24-15-11-8-12-16-24/h7,9-10,13-14,17,19-21,24H,8,11-12,15-16,18H2,1-6H3. The molecule has 1 saturated carbocycles. The number of benzene rings is 1. The van der Waals surface area contributed by atoms with Crippen molar-refractivity contribution in [2.24, 2.45) is 29.1 Å². The summed E-state index contributed by atoms with van der Waals surface area (Å²) >= 11 is 0. The van der Waals surface area contributed by atoms with Crippen LogP contribution in [-0.4, -0.2) is 0 Å². The Balaban J connectivity index is 2.29. The maximum Gasteiger partial charge on any atom is 0.00502 e. The quantitative estimate of drug-likeness (QED) is 0.493. The zero-order valence-corrected chi connectivity index (χ0v) is 18.5. The summed E-state index contributed by atoms with van der Waals surface area (Å²) in [6.07, 6.45) is 10.9. The maximum absolute atomic E-state index is 2.58. The molecular weight excluding hydrogens is 324 g/mol. The van der Waals surface area contributed by atoms with Gasteiger partial charge in [-0.1, -0.05) is 103 Å². The first kappa shape index (κ1) is 20.4. The monoisotopic (exact) mass is 364 g/mol. The molecule has 1 unspecified atom stereocenters. The van der Waals surface area contributed by atoms with Crippen molar-refractivity contribution in [2.45, 2.75) is 80.1 Å². The maximum atomic E-state index is 2.58. The Hall–Kier alpha value is -1.30. The Bertz CT molecular complexity index is 680. The van der Waals surface area contributed by atoms with Crippen molar-refractivity contribution in [3.8, 4) is 0 Å². The molecule has 1 atom stereocenters. The van der Waals surface area contributed by atoms with Gasteiger partial charge >= 0.3 is 0 Å². The summed E-state index contributed by atoms with van der Waals surface area (Å²) in [5.74, 6) is 2.68. The fraction of sp³-hybridized carbons (Fsp3) is 0.630. The molecule has 148 valence electrons. The molecule has 1 fully saturated rings. The molecule has 0 N–H and O–H groups in total. The van der Waals surface area contributed by atoms with Gasteiger partial charge in [0.25, 0.3) is 0 Å². The summed E-state index contributed by atoms with van der Waals surface area (Å²) in [5.41, 5.74) is 6.73. The van der Waals surface area contributed by atoms with Crippen LogP contribution in [0.1, 0.15) is 85.6 Å². The average molecular weight is 365 g/mol. The molecule has 3 rings (SSSR count). The molecule has 0 amide bonds. The van der Waals surface area contributed by atoms with Crippen LogP contribution in [0.5, 0.6) is 0 Å². The van der Waals surface area contributed by atoms with Gasteiger partial charge in [-0.05, 0) is 59.6 Å². The van der Waals surface area contributed by atoms with Gasteiger partial charge in [0.05, 0.1) is 0 Å². The van der Waals surface area contributed by atoms with Gasteiger partial charge < -0.3 is 0 Å². The Morgan fingerprint density at radius 1 is 0.815 bits per heavy atom. The Kier molecular flexibility index (Phi) is 6.34. The van der Waals surface area contributed by atoms with Gasteiger partial charge in [0.15, 0.2) is 0 Å². The van der Waals surface area contributed by atoms with Gasteiger partial charge in [0.2, 0.25) is 0 Å². The molecule has 0 aliphatic heterocycles. The second-order valence-electron chi connectivity index (χ2n) is 9.93. The fourth-order valence-electron chi connectivity index (χ4n) is 5.81. The topological polar surface area (TPSA) is 0 Å². The molecule has 0 heteroatoms. The second-order valence-corrected chi connectivity index (χ2v) is 9.93. The Morgan fingerprint density at radius 3 is 1.96 bits per heavy atom.